The van der Waals surface area contributed by atoms with Crippen molar-refractivity contribution in [1.29, 1.82) is 0 Å². The molecule has 0 saturated carbocycles. The molecule has 3 N–H and O–H groups in total. The number of imidazole rings is 1. The summed E-state index contributed by atoms with van der Waals surface area (Å²) >= 11 is 5.86. The molecule has 0 atom stereocenters. The number of amidine groups is 1. The summed E-state index contributed by atoms with van der Waals surface area (Å²) in [5, 5.41) is 11.5. The first-order chi connectivity index (χ1) is 8.63. The number of hydrogen-bond donors (Lipinski definition) is 2. The molecule has 1 aromatic carbocycles. The highest BCUT2D eigenvalue weighted by molar-refractivity contribution is 6.31. The Hall–Kier alpha value is -2.08. The zero-order valence-corrected chi connectivity index (χ0v) is 9.97. The van der Waals surface area contributed by atoms with Crippen LogP contribution in [0.3, 0.4) is 0 Å². The van der Waals surface area contributed by atoms with Crippen molar-refractivity contribution in [2.24, 2.45) is 10.9 Å². The van der Waals surface area contributed by atoms with Crippen molar-refractivity contribution in [2.45, 2.75) is 6.54 Å². The summed E-state index contributed by atoms with van der Waals surface area (Å²) in [7, 11) is 0. The second-order valence-corrected chi connectivity index (χ2v) is 3.95. The van der Waals surface area contributed by atoms with Crippen LogP contribution in [0.5, 0.6) is 0 Å². The van der Waals surface area contributed by atoms with Crippen molar-refractivity contribution in [3.05, 3.63) is 52.8 Å². The van der Waals surface area contributed by atoms with E-state index in [9.17, 15) is 4.39 Å². The van der Waals surface area contributed by atoms with Crippen LogP contribution in [0.15, 0.2) is 35.7 Å². The molecule has 0 unspecified atom stereocenters. The van der Waals surface area contributed by atoms with E-state index in [1.54, 1.807) is 22.9 Å². The van der Waals surface area contributed by atoms with Crippen LogP contribution in [0.1, 0.15) is 11.4 Å². The summed E-state index contributed by atoms with van der Waals surface area (Å²) in [5.41, 5.74) is 6.06. The third-order valence-corrected chi connectivity index (χ3v) is 2.85. The van der Waals surface area contributed by atoms with Crippen LogP contribution >= 0.6 is 11.6 Å². The maximum absolute atomic E-state index is 13.3. The van der Waals surface area contributed by atoms with Crippen LogP contribution in [0.4, 0.5) is 4.39 Å². The van der Waals surface area contributed by atoms with E-state index < -0.39 is 5.82 Å². The average molecular weight is 269 g/mol. The molecule has 0 fully saturated rings. The van der Waals surface area contributed by atoms with Crippen molar-refractivity contribution in [3.63, 3.8) is 0 Å². The minimum Gasteiger partial charge on any atom is -0.409 e. The van der Waals surface area contributed by atoms with Gasteiger partial charge in [-0.2, -0.15) is 0 Å². The van der Waals surface area contributed by atoms with Gasteiger partial charge in [-0.25, -0.2) is 9.37 Å². The highest BCUT2D eigenvalue weighted by atomic mass is 35.5. The number of nitrogens with two attached hydrogens (primary N) is 1. The molecule has 0 bridgehead atoms. The fraction of sp³-hybridized carbons (Fsp3) is 0.0909. The Morgan fingerprint density at radius 1 is 1.56 bits per heavy atom. The Balaban J connectivity index is 2.35. The predicted molar refractivity (Wildman–Crippen MR) is 65.2 cm³/mol. The SMILES string of the molecule is N/C(=N/O)c1nccn1Cc1cccc(F)c1Cl. The number of halogens is 2. The number of aromatic nitrogens is 2. The van der Waals surface area contributed by atoms with Crippen LogP contribution in [-0.2, 0) is 6.54 Å². The quantitative estimate of drug-likeness (QED) is 0.386. The van der Waals surface area contributed by atoms with Gasteiger partial charge in [0.1, 0.15) is 5.82 Å². The topological polar surface area (TPSA) is 76.4 Å². The van der Waals surface area contributed by atoms with E-state index >= 15 is 0 Å². The van der Waals surface area contributed by atoms with Crippen molar-refractivity contribution < 1.29 is 9.60 Å². The largest absolute Gasteiger partial charge is 0.409 e. The van der Waals surface area contributed by atoms with Crippen LogP contribution < -0.4 is 5.73 Å². The molecule has 1 heterocycles. The molecule has 0 aliphatic heterocycles. The molecular formula is C11H10ClFN4O. The number of nitrogens with zero attached hydrogens (tertiary/aromatic N) is 3. The highest BCUT2D eigenvalue weighted by Gasteiger charge is 2.11. The molecule has 18 heavy (non-hydrogen) atoms. The maximum Gasteiger partial charge on any atom is 0.206 e. The van der Waals surface area contributed by atoms with Gasteiger partial charge in [-0.15, -0.1) is 0 Å². The summed E-state index contributed by atoms with van der Waals surface area (Å²) in [6.45, 7) is 0.280. The smallest absolute Gasteiger partial charge is 0.206 e. The lowest BCUT2D eigenvalue weighted by atomic mass is 10.2. The van der Waals surface area contributed by atoms with E-state index in [0.717, 1.165) is 0 Å². The Bertz CT molecular complexity index is 596. The van der Waals surface area contributed by atoms with E-state index in [-0.39, 0.29) is 23.2 Å². The average Bonchev–Trinajstić information content (AvgIpc) is 2.82. The van der Waals surface area contributed by atoms with E-state index in [1.165, 1.54) is 12.3 Å². The number of oxime groups is 1. The van der Waals surface area contributed by atoms with E-state index in [2.05, 4.69) is 10.1 Å². The molecule has 0 amide bonds. The van der Waals surface area contributed by atoms with Gasteiger partial charge in [-0.05, 0) is 11.6 Å². The van der Waals surface area contributed by atoms with Crippen LogP contribution in [0.25, 0.3) is 0 Å². The van der Waals surface area contributed by atoms with Crippen molar-refractivity contribution >= 4 is 17.4 Å². The molecule has 5 nitrogen and oxygen atoms in total. The first-order valence-corrected chi connectivity index (χ1v) is 5.43. The van der Waals surface area contributed by atoms with Gasteiger partial charge < -0.3 is 15.5 Å². The first-order valence-electron chi connectivity index (χ1n) is 5.05. The summed E-state index contributed by atoms with van der Waals surface area (Å²) < 4.78 is 14.9. The van der Waals surface area contributed by atoms with E-state index in [1.807, 2.05) is 0 Å². The van der Waals surface area contributed by atoms with Gasteiger partial charge in [-0.1, -0.05) is 28.9 Å². The number of benzene rings is 1. The van der Waals surface area contributed by atoms with Crippen molar-refractivity contribution in [1.82, 2.24) is 9.55 Å². The lowest BCUT2D eigenvalue weighted by molar-refractivity contribution is 0.318. The van der Waals surface area contributed by atoms with Gasteiger partial charge in [0.25, 0.3) is 0 Å². The molecule has 2 rings (SSSR count). The van der Waals surface area contributed by atoms with Crippen molar-refractivity contribution in [2.75, 3.05) is 0 Å². The summed E-state index contributed by atoms with van der Waals surface area (Å²) in [6.07, 6.45) is 3.13. The second-order valence-electron chi connectivity index (χ2n) is 3.58. The Kier molecular flexibility index (Phi) is 3.47. The van der Waals surface area contributed by atoms with Gasteiger partial charge in [0.15, 0.2) is 5.82 Å². The molecule has 0 spiro atoms. The van der Waals surface area contributed by atoms with Gasteiger partial charge >= 0.3 is 0 Å². The zero-order chi connectivity index (χ0) is 13.1. The molecule has 94 valence electrons. The number of hydrogen-bond acceptors (Lipinski definition) is 3. The molecule has 1 aromatic heterocycles. The standard InChI is InChI=1S/C11H10ClFN4O/c12-9-7(2-1-3-8(9)13)6-17-5-4-15-11(17)10(14)16-18/h1-5,18H,6H2,(H2,14,16). The van der Waals surface area contributed by atoms with Crippen LogP contribution in [-0.4, -0.2) is 20.6 Å². The molecule has 0 aliphatic carbocycles. The lowest BCUT2D eigenvalue weighted by Gasteiger charge is -2.08. The van der Waals surface area contributed by atoms with Gasteiger partial charge in [-0.3, -0.25) is 0 Å². The van der Waals surface area contributed by atoms with Gasteiger partial charge in [0.05, 0.1) is 11.6 Å². The minimum absolute atomic E-state index is 0.0525. The summed E-state index contributed by atoms with van der Waals surface area (Å²) in [5.74, 6) is -0.315. The lowest BCUT2D eigenvalue weighted by Crippen LogP contribution is -2.20. The monoisotopic (exact) mass is 268 g/mol. The third kappa shape index (κ3) is 2.28. The molecule has 0 saturated heterocycles. The fourth-order valence-electron chi connectivity index (χ4n) is 1.57. The van der Waals surface area contributed by atoms with Crippen LogP contribution in [0.2, 0.25) is 5.02 Å². The summed E-state index contributed by atoms with van der Waals surface area (Å²) in [6, 6.07) is 4.54. The molecule has 2 aromatic rings. The normalized spacial score (nSPS) is 11.8. The van der Waals surface area contributed by atoms with E-state index in [4.69, 9.17) is 22.5 Å². The Labute approximate surface area is 107 Å². The molecule has 0 aliphatic rings. The van der Waals surface area contributed by atoms with Gasteiger partial charge in [0, 0.05) is 12.4 Å². The van der Waals surface area contributed by atoms with Crippen LogP contribution in [0, 0.1) is 5.82 Å². The first kappa shape index (κ1) is 12.4. The molecule has 7 heteroatoms. The Morgan fingerprint density at radius 2 is 2.33 bits per heavy atom. The second kappa shape index (κ2) is 5.05. The predicted octanol–water partition coefficient (Wildman–Crippen LogP) is 1.82. The van der Waals surface area contributed by atoms with E-state index in [0.29, 0.717) is 5.56 Å². The maximum atomic E-state index is 13.3. The summed E-state index contributed by atoms with van der Waals surface area (Å²) in [4.78, 5) is 3.95. The zero-order valence-electron chi connectivity index (χ0n) is 9.22. The van der Waals surface area contributed by atoms with Crippen molar-refractivity contribution in [3.8, 4) is 0 Å². The molecular weight excluding hydrogens is 259 g/mol. The van der Waals surface area contributed by atoms with Gasteiger partial charge in [0.2, 0.25) is 5.84 Å². The fourth-order valence-corrected chi connectivity index (χ4v) is 1.75. The third-order valence-electron chi connectivity index (χ3n) is 2.42. The highest BCUT2D eigenvalue weighted by Crippen LogP contribution is 2.20. The molecule has 0 radical (unpaired) electrons. The number of rotatable bonds is 3. The Morgan fingerprint density at radius 3 is 3.06 bits per heavy atom. The minimum atomic E-state index is -0.486.